The van der Waals surface area contributed by atoms with E-state index in [2.05, 4.69) is 6.92 Å². The molecule has 0 saturated carbocycles. The maximum absolute atomic E-state index is 10.5. The summed E-state index contributed by atoms with van der Waals surface area (Å²) in [4.78, 5) is 10.5. The first kappa shape index (κ1) is 14.2. The van der Waals surface area contributed by atoms with Crippen LogP contribution in [-0.4, -0.2) is 22.3 Å². The number of hydrogen-bond acceptors (Lipinski definition) is 2. The highest BCUT2D eigenvalue weighted by Gasteiger charge is 2.04. The monoisotopic (exact) mass is 214 g/mol. The lowest BCUT2D eigenvalue weighted by atomic mass is 10.1. The first-order valence-corrected chi connectivity index (χ1v) is 5.66. The Labute approximate surface area is 91.8 Å². The number of carbonyl (C=O) groups is 1. The number of hydrogen-bond donors (Lipinski definition) is 2. The van der Waals surface area contributed by atoms with E-state index in [-0.39, 0.29) is 0 Å². The summed E-state index contributed by atoms with van der Waals surface area (Å²) in [6, 6.07) is 0. The Morgan fingerprint density at radius 1 is 1.33 bits per heavy atom. The topological polar surface area (TPSA) is 57.5 Å². The van der Waals surface area contributed by atoms with Crippen LogP contribution in [0.4, 0.5) is 0 Å². The number of aliphatic carboxylic acids is 1. The van der Waals surface area contributed by atoms with Crippen molar-refractivity contribution in [1.82, 2.24) is 0 Å². The second kappa shape index (κ2) is 8.48. The van der Waals surface area contributed by atoms with Crippen molar-refractivity contribution >= 4 is 5.97 Å². The zero-order chi connectivity index (χ0) is 11.7. The summed E-state index contributed by atoms with van der Waals surface area (Å²) in [6.07, 6.45) is 6.98. The quantitative estimate of drug-likeness (QED) is 0.482. The van der Waals surface area contributed by atoms with Crippen LogP contribution in [0.3, 0.4) is 0 Å². The van der Waals surface area contributed by atoms with Gasteiger partial charge >= 0.3 is 5.97 Å². The summed E-state index contributed by atoms with van der Waals surface area (Å²) in [5.74, 6) is -0.909. The molecule has 0 aromatic carbocycles. The van der Waals surface area contributed by atoms with Gasteiger partial charge in [-0.05, 0) is 19.8 Å². The van der Waals surface area contributed by atoms with Crippen molar-refractivity contribution in [2.24, 2.45) is 0 Å². The minimum atomic E-state index is -0.909. The standard InChI is InChI=1S/C12H22O3/c1-3-4-5-6-7-11(13)9-8-10(2)12(14)15/h8,11,13H,3-7,9H2,1-2H3,(H,14,15). The zero-order valence-electron chi connectivity index (χ0n) is 9.70. The predicted molar refractivity (Wildman–Crippen MR) is 60.8 cm³/mol. The van der Waals surface area contributed by atoms with E-state index in [4.69, 9.17) is 5.11 Å². The average molecular weight is 214 g/mol. The second-order valence-electron chi connectivity index (χ2n) is 3.93. The maximum atomic E-state index is 10.5. The molecule has 0 aliphatic rings. The molecule has 0 aromatic heterocycles. The van der Waals surface area contributed by atoms with Gasteiger partial charge in [0.1, 0.15) is 0 Å². The lowest BCUT2D eigenvalue weighted by Gasteiger charge is -2.07. The molecule has 2 N–H and O–H groups in total. The fourth-order valence-electron chi connectivity index (χ4n) is 1.32. The van der Waals surface area contributed by atoms with Crippen molar-refractivity contribution in [2.45, 2.75) is 58.5 Å². The van der Waals surface area contributed by atoms with Crippen molar-refractivity contribution in [3.8, 4) is 0 Å². The summed E-state index contributed by atoms with van der Waals surface area (Å²) in [7, 11) is 0. The van der Waals surface area contributed by atoms with Crippen molar-refractivity contribution in [3.63, 3.8) is 0 Å². The van der Waals surface area contributed by atoms with Crippen LogP contribution in [0, 0.1) is 0 Å². The molecule has 0 fully saturated rings. The number of rotatable bonds is 8. The third-order valence-corrected chi connectivity index (χ3v) is 2.42. The van der Waals surface area contributed by atoms with E-state index in [0.717, 1.165) is 19.3 Å². The average Bonchev–Trinajstić information content (AvgIpc) is 2.20. The second-order valence-corrected chi connectivity index (χ2v) is 3.93. The normalized spacial score (nSPS) is 13.9. The smallest absolute Gasteiger partial charge is 0.330 e. The van der Waals surface area contributed by atoms with E-state index in [1.54, 1.807) is 13.0 Å². The molecule has 0 aliphatic heterocycles. The van der Waals surface area contributed by atoms with Gasteiger partial charge in [0.15, 0.2) is 0 Å². The molecule has 0 amide bonds. The van der Waals surface area contributed by atoms with E-state index in [1.165, 1.54) is 12.8 Å². The van der Waals surface area contributed by atoms with Gasteiger partial charge in [-0.25, -0.2) is 4.79 Å². The molecule has 0 bridgehead atoms. The van der Waals surface area contributed by atoms with E-state index >= 15 is 0 Å². The summed E-state index contributed by atoms with van der Waals surface area (Å²) < 4.78 is 0. The molecular weight excluding hydrogens is 192 g/mol. The van der Waals surface area contributed by atoms with Gasteiger partial charge in [-0.15, -0.1) is 0 Å². The zero-order valence-corrected chi connectivity index (χ0v) is 9.70. The fraction of sp³-hybridized carbons (Fsp3) is 0.750. The molecule has 15 heavy (non-hydrogen) atoms. The SMILES string of the molecule is CCCCCCC(O)CC=C(C)C(=O)O. The molecule has 0 aliphatic carbocycles. The third-order valence-electron chi connectivity index (χ3n) is 2.42. The Bertz CT molecular complexity index is 209. The highest BCUT2D eigenvalue weighted by atomic mass is 16.4. The van der Waals surface area contributed by atoms with Gasteiger partial charge in [0.05, 0.1) is 6.10 Å². The minimum absolute atomic E-state index is 0.308. The first-order valence-electron chi connectivity index (χ1n) is 5.66. The van der Waals surface area contributed by atoms with Crippen LogP contribution in [0.5, 0.6) is 0 Å². The lowest BCUT2D eigenvalue weighted by molar-refractivity contribution is -0.132. The van der Waals surface area contributed by atoms with E-state index < -0.39 is 12.1 Å². The lowest BCUT2D eigenvalue weighted by Crippen LogP contribution is -2.06. The Balaban J connectivity index is 3.61. The minimum Gasteiger partial charge on any atom is -0.478 e. The Morgan fingerprint density at radius 3 is 2.53 bits per heavy atom. The van der Waals surface area contributed by atoms with Crippen LogP contribution in [-0.2, 0) is 4.79 Å². The van der Waals surface area contributed by atoms with Crippen LogP contribution in [0.25, 0.3) is 0 Å². The Kier molecular flexibility index (Phi) is 8.01. The van der Waals surface area contributed by atoms with Crippen molar-refractivity contribution in [2.75, 3.05) is 0 Å². The van der Waals surface area contributed by atoms with Crippen molar-refractivity contribution in [3.05, 3.63) is 11.6 Å². The molecule has 1 atom stereocenters. The molecule has 0 radical (unpaired) electrons. The summed E-state index contributed by atoms with van der Waals surface area (Å²) in [5, 5.41) is 18.1. The van der Waals surface area contributed by atoms with Crippen LogP contribution >= 0.6 is 0 Å². The summed E-state index contributed by atoms with van der Waals surface area (Å²) >= 11 is 0. The third kappa shape index (κ3) is 8.18. The molecule has 0 heterocycles. The Hall–Kier alpha value is -0.830. The predicted octanol–water partition coefficient (Wildman–Crippen LogP) is 2.74. The summed E-state index contributed by atoms with van der Waals surface area (Å²) in [5.41, 5.74) is 0.308. The van der Waals surface area contributed by atoms with Gasteiger partial charge in [0, 0.05) is 5.57 Å². The van der Waals surface area contributed by atoms with Crippen molar-refractivity contribution in [1.29, 1.82) is 0 Å². The molecule has 3 heteroatoms. The van der Waals surface area contributed by atoms with Crippen LogP contribution in [0.1, 0.15) is 52.4 Å². The van der Waals surface area contributed by atoms with Gasteiger partial charge in [0.2, 0.25) is 0 Å². The van der Waals surface area contributed by atoms with Crippen LogP contribution < -0.4 is 0 Å². The van der Waals surface area contributed by atoms with E-state index in [0.29, 0.717) is 12.0 Å². The molecule has 88 valence electrons. The highest BCUT2D eigenvalue weighted by molar-refractivity contribution is 5.85. The van der Waals surface area contributed by atoms with Crippen LogP contribution in [0.15, 0.2) is 11.6 Å². The van der Waals surface area contributed by atoms with Crippen LogP contribution in [0.2, 0.25) is 0 Å². The Morgan fingerprint density at radius 2 is 2.00 bits per heavy atom. The molecule has 0 aromatic rings. The first-order chi connectivity index (χ1) is 7.07. The molecule has 0 rings (SSSR count). The molecule has 1 unspecified atom stereocenters. The van der Waals surface area contributed by atoms with Gasteiger partial charge in [-0.2, -0.15) is 0 Å². The van der Waals surface area contributed by atoms with Crippen molar-refractivity contribution < 1.29 is 15.0 Å². The maximum Gasteiger partial charge on any atom is 0.330 e. The molecule has 0 spiro atoms. The number of aliphatic hydroxyl groups excluding tert-OH is 1. The largest absolute Gasteiger partial charge is 0.478 e. The number of carboxylic acid groups (broad SMARTS) is 1. The van der Waals surface area contributed by atoms with E-state index in [1.807, 2.05) is 0 Å². The highest BCUT2D eigenvalue weighted by Crippen LogP contribution is 2.09. The number of carboxylic acids is 1. The molecular formula is C12H22O3. The molecule has 3 nitrogen and oxygen atoms in total. The van der Waals surface area contributed by atoms with Gasteiger partial charge in [0.25, 0.3) is 0 Å². The van der Waals surface area contributed by atoms with Gasteiger partial charge in [-0.1, -0.05) is 38.7 Å². The number of aliphatic hydroxyl groups is 1. The molecule has 0 saturated heterocycles. The van der Waals surface area contributed by atoms with Gasteiger partial charge in [-0.3, -0.25) is 0 Å². The number of unbranched alkanes of at least 4 members (excludes halogenated alkanes) is 3. The fourth-order valence-corrected chi connectivity index (χ4v) is 1.32. The summed E-state index contributed by atoms with van der Waals surface area (Å²) in [6.45, 7) is 3.70. The van der Waals surface area contributed by atoms with Gasteiger partial charge < -0.3 is 10.2 Å². The van der Waals surface area contributed by atoms with E-state index in [9.17, 15) is 9.90 Å².